The molecule has 0 radical (unpaired) electrons. The second-order valence-corrected chi connectivity index (χ2v) is 15.4. The molecule has 0 aliphatic heterocycles. The Bertz CT molecular complexity index is 3130. The third-order valence-electron chi connectivity index (χ3n) is 10.3. The number of hydrogen-bond acceptors (Lipinski definition) is 4. The SMILES string of the molecule is c1ccc2c(c1)oc1c(-c3ccc(N(c4ccc(-c5cccc6sc7ccccc7c56)cc4)c4cccc5c4sc4ccccc45)cc3)cccc12. The van der Waals surface area contributed by atoms with Crippen LogP contribution in [0, 0.1) is 0 Å². The molecule has 0 fully saturated rings. The van der Waals surface area contributed by atoms with Gasteiger partial charge in [0.15, 0.2) is 0 Å². The zero-order chi connectivity index (χ0) is 34.2. The predicted molar refractivity (Wildman–Crippen MR) is 225 cm³/mol. The van der Waals surface area contributed by atoms with E-state index in [1.165, 1.54) is 57.2 Å². The lowest BCUT2D eigenvalue weighted by atomic mass is 9.99. The van der Waals surface area contributed by atoms with Crippen molar-refractivity contribution in [1.82, 2.24) is 0 Å². The van der Waals surface area contributed by atoms with E-state index >= 15 is 0 Å². The summed E-state index contributed by atoms with van der Waals surface area (Å²) in [6.07, 6.45) is 0. The van der Waals surface area contributed by atoms with Crippen LogP contribution in [0.5, 0.6) is 0 Å². The summed E-state index contributed by atoms with van der Waals surface area (Å²) in [7, 11) is 0. The molecule has 0 spiro atoms. The number of hydrogen-bond donors (Lipinski definition) is 0. The Morgan fingerprint density at radius 1 is 0.385 bits per heavy atom. The van der Waals surface area contributed by atoms with E-state index in [0.29, 0.717) is 0 Å². The minimum atomic E-state index is 0.913. The first-order valence-electron chi connectivity index (χ1n) is 17.5. The van der Waals surface area contributed by atoms with Crippen LogP contribution in [0.25, 0.3) is 84.5 Å². The van der Waals surface area contributed by atoms with Crippen molar-refractivity contribution in [3.05, 3.63) is 176 Å². The van der Waals surface area contributed by atoms with Gasteiger partial charge in [-0.25, -0.2) is 0 Å². The van der Waals surface area contributed by atoms with Crippen LogP contribution in [-0.4, -0.2) is 0 Å². The van der Waals surface area contributed by atoms with E-state index in [1.807, 2.05) is 34.8 Å². The van der Waals surface area contributed by atoms with Crippen LogP contribution >= 0.6 is 22.7 Å². The second kappa shape index (κ2) is 11.7. The van der Waals surface area contributed by atoms with E-state index in [0.717, 1.165) is 44.4 Å². The van der Waals surface area contributed by atoms with Gasteiger partial charge in [-0.05, 0) is 71.3 Å². The molecular formula is C48H29NOS2. The van der Waals surface area contributed by atoms with E-state index < -0.39 is 0 Å². The molecule has 2 nitrogen and oxygen atoms in total. The van der Waals surface area contributed by atoms with Crippen molar-refractivity contribution in [2.24, 2.45) is 0 Å². The van der Waals surface area contributed by atoms with Crippen molar-refractivity contribution in [3.8, 4) is 22.3 Å². The van der Waals surface area contributed by atoms with E-state index in [-0.39, 0.29) is 0 Å². The number of rotatable bonds is 5. The average Bonchev–Trinajstić information content (AvgIpc) is 3.90. The molecule has 11 aromatic rings. The summed E-state index contributed by atoms with van der Waals surface area (Å²) < 4.78 is 11.6. The van der Waals surface area contributed by atoms with Crippen LogP contribution in [-0.2, 0) is 0 Å². The van der Waals surface area contributed by atoms with Crippen LogP contribution < -0.4 is 4.90 Å². The van der Waals surface area contributed by atoms with Crippen molar-refractivity contribution < 1.29 is 4.42 Å². The fraction of sp³-hybridized carbons (Fsp3) is 0. The highest BCUT2D eigenvalue weighted by molar-refractivity contribution is 7.26. The highest BCUT2D eigenvalue weighted by atomic mass is 32.1. The Hall–Kier alpha value is -6.20. The Morgan fingerprint density at radius 3 is 1.73 bits per heavy atom. The quantitative estimate of drug-likeness (QED) is 0.178. The van der Waals surface area contributed by atoms with Gasteiger partial charge in [0.1, 0.15) is 11.2 Å². The standard InChI is InChI=1S/C48H29NOS2/c1-4-18-42-36(10-1)38-15-7-14-35(47(38)50-42)31-24-28-33(29-25-31)49(41-17-8-16-39-37-11-2-5-19-43(37)52-48(39)41)32-26-22-30(23-27-32)34-13-9-21-45-46(34)40-12-3-6-20-44(40)51-45/h1-29H. The van der Waals surface area contributed by atoms with Gasteiger partial charge in [0.25, 0.3) is 0 Å². The number of benzene rings is 8. The smallest absolute Gasteiger partial charge is 0.143 e. The monoisotopic (exact) mass is 699 g/mol. The lowest BCUT2D eigenvalue weighted by molar-refractivity contribution is 0.670. The number of thiophene rings is 2. The number of anilines is 3. The third-order valence-corrected chi connectivity index (χ3v) is 12.6. The minimum absolute atomic E-state index is 0.913. The fourth-order valence-corrected chi connectivity index (χ4v) is 10.2. The summed E-state index contributed by atoms with van der Waals surface area (Å²) in [4.78, 5) is 2.41. The van der Waals surface area contributed by atoms with Crippen LogP contribution in [0.3, 0.4) is 0 Å². The molecule has 244 valence electrons. The van der Waals surface area contributed by atoms with Gasteiger partial charge in [-0.2, -0.15) is 0 Å². The molecule has 0 saturated heterocycles. The van der Waals surface area contributed by atoms with Crippen LogP contribution in [0.1, 0.15) is 0 Å². The fourth-order valence-electron chi connectivity index (χ4n) is 7.91. The molecule has 4 heteroatoms. The van der Waals surface area contributed by atoms with Gasteiger partial charge in [-0.3, -0.25) is 0 Å². The lowest BCUT2D eigenvalue weighted by Crippen LogP contribution is -2.10. The molecular weight excluding hydrogens is 671 g/mol. The summed E-state index contributed by atoms with van der Waals surface area (Å²) in [5, 5.41) is 7.51. The predicted octanol–water partition coefficient (Wildman–Crippen LogP) is 15.1. The topological polar surface area (TPSA) is 16.4 Å². The third kappa shape index (κ3) is 4.55. The Labute approximate surface area is 308 Å². The molecule has 8 aromatic carbocycles. The highest BCUT2D eigenvalue weighted by Crippen LogP contribution is 2.46. The molecule has 0 amide bonds. The summed E-state index contributed by atoms with van der Waals surface area (Å²) in [6.45, 7) is 0. The summed E-state index contributed by atoms with van der Waals surface area (Å²) in [5.41, 5.74) is 9.93. The maximum Gasteiger partial charge on any atom is 0.143 e. The summed E-state index contributed by atoms with van der Waals surface area (Å²) in [5.74, 6) is 0. The van der Waals surface area contributed by atoms with Gasteiger partial charge in [-0.1, -0.05) is 121 Å². The second-order valence-electron chi connectivity index (χ2n) is 13.2. The van der Waals surface area contributed by atoms with Crippen LogP contribution in [0.2, 0.25) is 0 Å². The van der Waals surface area contributed by atoms with E-state index in [2.05, 4.69) is 169 Å². The first-order valence-corrected chi connectivity index (χ1v) is 19.1. The number of nitrogens with zero attached hydrogens (tertiary/aromatic N) is 1. The summed E-state index contributed by atoms with van der Waals surface area (Å²) in [6, 6.07) is 63.6. The maximum absolute atomic E-state index is 6.42. The van der Waals surface area contributed by atoms with E-state index in [4.69, 9.17) is 4.42 Å². The first-order chi connectivity index (χ1) is 25.8. The molecule has 0 atom stereocenters. The molecule has 0 N–H and O–H groups in total. The Kier molecular flexibility index (Phi) is 6.63. The molecule has 0 aliphatic rings. The normalized spacial score (nSPS) is 11.8. The molecule has 52 heavy (non-hydrogen) atoms. The zero-order valence-electron chi connectivity index (χ0n) is 27.9. The highest BCUT2D eigenvalue weighted by Gasteiger charge is 2.20. The Balaban J connectivity index is 1.06. The molecule has 0 bridgehead atoms. The molecule has 11 rings (SSSR count). The van der Waals surface area contributed by atoms with Gasteiger partial charge in [-0.15, -0.1) is 22.7 Å². The van der Waals surface area contributed by atoms with Gasteiger partial charge >= 0.3 is 0 Å². The maximum atomic E-state index is 6.42. The van der Waals surface area contributed by atoms with Crippen LogP contribution in [0.4, 0.5) is 17.1 Å². The zero-order valence-corrected chi connectivity index (χ0v) is 29.5. The summed E-state index contributed by atoms with van der Waals surface area (Å²) >= 11 is 3.72. The molecule has 0 saturated carbocycles. The molecule has 3 heterocycles. The number of para-hydroxylation sites is 2. The van der Waals surface area contributed by atoms with Crippen LogP contribution in [0.15, 0.2) is 180 Å². The Morgan fingerprint density at radius 2 is 0.942 bits per heavy atom. The van der Waals surface area contributed by atoms with Crippen molar-refractivity contribution in [2.45, 2.75) is 0 Å². The molecule has 0 aliphatic carbocycles. The average molecular weight is 700 g/mol. The largest absolute Gasteiger partial charge is 0.455 e. The van der Waals surface area contributed by atoms with Gasteiger partial charge in [0.05, 0.1) is 10.4 Å². The number of furan rings is 1. The number of fused-ring (bicyclic) bond motifs is 9. The van der Waals surface area contributed by atoms with Crippen molar-refractivity contribution in [3.63, 3.8) is 0 Å². The van der Waals surface area contributed by atoms with Crippen molar-refractivity contribution in [1.29, 1.82) is 0 Å². The van der Waals surface area contributed by atoms with E-state index in [1.54, 1.807) is 0 Å². The van der Waals surface area contributed by atoms with Gasteiger partial charge in [0.2, 0.25) is 0 Å². The first kappa shape index (κ1) is 29.5. The lowest BCUT2D eigenvalue weighted by Gasteiger charge is -2.26. The van der Waals surface area contributed by atoms with Crippen molar-refractivity contribution >= 4 is 102 Å². The molecule has 0 unspecified atom stereocenters. The minimum Gasteiger partial charge on any atom is -0.455 e. The van der Waals surface area contributed by atoms with Crippen molar-refractivity contribution in [2.75, 3.05) is 4.90 Å². The van der Waals surface area contributed by atoms with Gasteiger partial charge < -0.3 is 9.32 Å². The van der Waals surface area contributed by atoms with Gasteiger partial charge in [0, 0.05) is 63.4 Å². The molecule has 3 aromatic heterocycles. The van der Waals surface area contributed by atoms with E-state index in [9.17, 15) is 0 Å².